The Kier molecular flexibility index (Phi) is 6.33. The second-order valence-electron chi connectivity index (χ2n) is 7.14. The molecular weight excluding hydrogens is 314 g/mol. The first-order valence-electron chi connectivity index (χ1n) is 10.1. The van der Waals surface area contributed by atoms with Crippen LogP contribution in [0.2, 0.25) is 0 Å². The Labute approximate surface area is 158 Å². The second-order valence-corrected chi connectivity index (χ2v) is 7.14. The topological polar surface area (TPSA) is 12.0 Å². The van der Waals surface area contributed by atoms with Gasteiger partial charge in [-0.25, -0.2) is 0 Å². The SMILES string of the molecule is CCC1=CNC=C2C=C(C(CC)CCc3ccccc3CC)C=CC=C21. The molecule has 1 aliphatic carbocycles. The van der Waals surface area contributed by atoms with Crippen LogP contribution in [0.3, 0.4) is 0 Å². The molecule has 1 nitrogen and oxygen atoms in total. The van der Waals surface area contributed by atoms with Gasteiger partial charge in [0.25, 0.3) is 0 Å². The fourth-order valence-corrected chi connectivity index (χ4v) is 4.01. The second kappa shape index (κ2) is 8.89. The van der Waals surface area contributed by atoms with E-state index < -0.39 is 0 Å². The fourth-order valence-electron chi connectivity index (χ4n) is 4.01. The first-order chi connectivity index (χ1) is 12.8. The molecule has 26 heavy (non-hydrogen) atoms. The van der Waals surface area contributed by atoms with Crippen LogP contribution in [-0.2, 0) is 12.8 Å². The molecule has 1 atom stereocenters. The van der Waals surface area contributed by atoms with E-state index in [2.05, 4.69) is 87.1 Å². The van der Waals surface area contributed by atoms with Crippen molar-refractivity contribution >= 4 is 0 Å². The van der Waals surface area contributed by atoms with Crippen molar-refractivity contribution < 1.29 is 0 Å². The molecule has 0 amide bonds. The summed E-state index contributed by atoms with van der Waals surface area (Å²) < 4.78 is 0. The van der Waals surface area contributed by atoms with Crippen molar-refractivity contribution in [2.45, 2.75) is 52.9 Å². The maximum atomic E-state index is 3.33. The van der Waals surface area contributed by atoms with Crippen molar-refractivity contribution in [3.8, 4) is 0 Å². The summed E-state index contributed by atoms with van der Waals surface area (Å²) in [5, 5.41) is 3.33. The lowest BCUT2D eigenvalue weighted by Gasteiger charge is -2.20. The molecular formula is C25H31N. The normalized spacial score (nSPS) is 17.2. The molecule has 0 radical (unpaired) electrons. The molecule has 0 fully saturated rings. The van der Waals surface area contributed by atoms with E-state index in [9.17, 15) is 0 Å². The molecule has 1 aromatic rings. The number of rotatable bonds is 7. The van der Waals surface area contributed by atoms with Gasteiger partial charge in [-0.15, -0.1) is 0 Å². The maximum Gasteiger partial charge on any atom is 0.00839 e. The van der Waals surface area contributed by atoms with Crippen LogP contribution in [0.1, 0.15) is 51.2 Å². The van der Waals surface area contributed by atoms with Crippen LogP contribution in [0.5, 0.6) is 0 Å². The van der Waals surface area contributed by atoms with Crippen LogP contribution >= 0.6 is 0 Å². The highest BCUT2D eigenvalue weighted by molar-refractivity contribution is 5.58. The number of hydrogen-bond donors (Lipinski definition) is 1. The first kappa shape index (κ1) is 18.5. The zero-order chi connectivity index (χ0) is 18.4. The number of hydrogen-bond acceptors (Lipinski definition) is 1. The number of nitrogens with one attached hydrogen (secondary N) is 1. The lowest BCUT2D eigenvalue weighted by atomic mass is 9.86. The third-order valence-electron chi connectivity index (χ3n) is 5.63. The van der Waals surface area contributed by atoms with Crippen LogP contribution in [0.4, 0.5) is 0 Å². The minimum atomic E-state index is 0.598. The van der Waals surface area contributed by atoms with Gasteiger partial charge in [0.2, 0.25) is 0 Å². The van der Waals surface area contributed by atoms with Crippen LogP contribution in [0, 0.1) is 5.92 Å². The highest BCUT2D eigenvalue weighted by Gasteiger charge is 2.17. The Balaban J connectivity index is 1.76. The summed E-state index contributed by atoms with van der Waals surface area (Å²) in [6, 6.07) is 8.90. The molecule has 0 bridgehead atoms. The van der Waals surface area contributed by atoms with Crippen molar-refractivity contribution in [3.63, 3.8) is 0 Å². The van der Waals surface area contributed by atoms with Crippen molar-refractivity contribution in [2.75, 3.05) is 0 Å². The Morgan fingerprint density at radius 3 is 2.50 bits per heavy atom. The van der Waals surface area contributed by atoms with Gasteiger partial charge in [0.15, 0.2) is 0 Å². The predicted molar refractivity (Wildman–Crippen MR) is 113 cm³/mol. The Hall–Kier alpha value is -2.28. The quantitative estimate of drug-likeness (QED) is 0.602. The van der Waals surface area contributed by atoms with E-state index in [4.69, 9.17) is 0 Å². The monoisotopic (exact) mass is 345 g/mol. The van der Waals surface area contributed by atoms with E-state index in [0.29, 0.717) is 5.92 Å². The Morgan fingerprint density at radius 1 is 0.962 bits per heavy atom. The van der Waals surface area contributed by atoms with Crippen molar-refractivity contribution in [2.24, 2.45) is 5.92 Å². The Morgan fingerprint density at radius 2 is 1.77 bits per heavy atom. The van der Waals surface area contributed by atoms with E-state index in [0.717, 1.165) is 19.3 Å². The highest BCUT2D eigenvalue weighted by atomic mass is 14.8. The molecule has 0 spiro atoms. The van der Waals surface area contributed by atoms with Crippen LogP contribution in [0.15, 0.2) is 83.3 Å². The molecule has 136 valence electrons. The average molecular weight is 346 g/mol. The standard InChI is InChI=1S/C25H31N/c1-4-19-10-7-8-11-22(19)15-14-20(5-2)23-12-9-13-25-21(6-3)17-26-18-24(25)16-23/h7-13,16-18,20,26H,4-6,14-15H2,1-3H3. The summed E-state index contributed by atoms with van der Waals surface area (Å²) in [5.74, 6) is 0.598. The molecule has 1 heterocycles. The van der Waals surface area contributed by atoms with Crippen LogP contribution in [-0.4, -0.2) is 0 Å². The molecule has 0 aromatic heterocycles. The highest BCUT2D eigenvalue weighted by Crippen LogP contribution is 2.32. The molecule has 1 aromatic carbocycles. The molecule has 1 unspecified atom stereocenters. The predicted octanol–water partition coefficient (Wildman–Crippen LogP) is 6.41. The van der Waals surface area contributed by atoms with Crippen LogP contribution < -0.4 is 5.32 Å². The van der Waals surface area contributed by atoms with Gasteiger partial charge >= 0.3 is 0 Å². The zero-order valence-corrected chi connectivity index (χ0v) is 16.4. The van der Waals surface area contributed by atoms with Crippen LogP contribution in [0.25, 0.3) is 0 Å². The minimum Gasteiger partial charge on any atom is -0.367 e. The van der Waals surface area contributed by atoms with Gasteiger partial charge in [-0.3, -0.25) is 0 Å². The van der Waals surface area contributed by atoms with Gasteiger partial charge in [0.05, 0.1) is 0 Å². The van der Waals surface area contributed by atoms with E-state index in [-0.39, 0.29) is 0 Å². The van der Waals surface area contributed by atoms with Gasteiger partial charge in [0, 0.05) is 12.4 Å². The van der Waals surface area contributed by atoms with Gasteiger partial charge in [-0.05, 0) is 77.5 Å². The van der Waals surface area contributed by atoms with Gasteiger partial charge in [-0.2, -0.15) is 0 Å². The number of aryl methyl sites for hydroxylation is 2. The number of allylic oxidation sites excluding steroid dienone is 8. The van der Waals surface area contributed by atoms with Gasteiger partial charge < -0.3 is 5.32 Å². The third kappa shape index (κ3) is 4.09. The maximum absolute atomic E-state index is 3.33. The van der Waals surface area contributed by atoms with Crippen molar-refractivity contribution in [1.29, 1.82) is 0 Å². The summed E-state index contributed by atoms with van der Waals surface area (Å²) in [6.07, 6.45) is 19.2. The minimum absolute atomic E-state index is 0.598. The van der Waals surface area contributed by atoms with Crippen molar-refractivity contribution in [1.82, 2.24) is 5.32 Å². The summed E-state index contributed by atoms with van der Waals surface area (Å²) in [4.78, 5) is 0. The fraction of sp³-hybridized carbons (Fsp3) is 0.360. The van der Waals surface area contributed by atoms with Gasteiger partial charge in [-0.1, -0.05) is 63.3 Å². The zero-order valence-electron chi connectivity index (χ0n) is 16.4. The molecule has 1 aliphatic heterocycles. The summed E-state index contributed by atoms with van der Waals surface area (Å²) >= 11 is 0. The van der Waals surface area contributed by atoms with E-state index in [1.54, 1.807) is 0 Å². The molecule has 1 heteroatoms. The number of fused-ring (bicyclic) bond motifs is 1. The average Bonchev–Trinajstić information content (AvgIpc) is 2.91. The summed E-state index contributed by atoms with van der Waals surface area (Å²) in [6.45, 7) is 6.78. The van der Waals surface area contributed by atoms with Gasteiger partial charge in [0.1, 0.15) is 0 Å². The largest absolute Gasteiger partial charge is 0.367 e. The Bertz CT molecular complexity index is 786. The number of benzene rings is 1. The summed E-state index contributed by atoms with van der Waals surface area (Å²) in [7, 11) is 0. The third-order valence-corrected chi connectivity index (χ3v) is 5.63. The lowest BCUT2D eigenvalue weighted by molar-refractivity contribution is 0.551. The van der Waals surface area contributed by atoms with E-state index >= 15 is 0 Å². The molecule has 2 aliphatic rings. The molecule has 0 saturated heterocycles. The molecule has 0 saturated carbocycles. The smallest absolute Gasteiger partial charge is 0.00839 e. The lowest BCUT2D eigenvalue weighted by Crippen LogP contribution is -2.09. The summed E-state index contributed by atoms with van der Waals surface area (Å²) in [5.41, 5.74) is 8.53. The first-order valence-corrected chi connectivity index (χ1v) is 10.1. The van der Waals surface area contributed by atoms with E-state index in [1.807, 2.05) is 0 Å². The van der Waals surface area contributed by atoms with E-state index in [1.165, 1.54) is 46.3 Å². The molecule has 1 N–H and O–H groups in total. The number of dihydropyridines is 1. The molecule has 3 rings (SSSR count). The van der Waals surface area contributed by atoms with Crippen molar-refractivity contribution in [3.05, 3.63) is 94.4 Å².